The summed E-state index contributed by atoms with van der Waals surface area (Å²) in [7, 11) is 1.47. The van der Waals surface area contributed by atoms with Crippen LogP contribution in [-0.2, 0) is 9.53 Å². The highest BCUT2D eigenvalue weighted by atomic mass is 79.9. The zero-order valence-corrected chi connectivity index (χ0v) is 11.6. The van der Waals surface area contributed by atoms with Crippen LogP contribution in [0.25, 0.3) is 0 Å². The number of halogens is 1. The Morgan fingerprint density at radius 1 is 1.25 bits per heavy atom. The molecule has 2 aliphatic carbocycles. The van der Waals surface area contributed by atoms with Crippen LogP contribution >= 0.6 is 15.9 Å². The van der Waals surface area contributed by atoms with Crippen LogP contribution in [-0.4, -0.2) is 17.4 Å². The fourth-order valence-electron chi connectivity index (χ4n) is 3.30. The van der Waals surface area contributed by atoms with Crippen molar-refractivity contribution in [2.24, 2.45) is 11.8 Å². The molecule has 0 aliphatic heterocycles. The van der Waals surface area contributed by atoms with Crippen molar-refractivity contribution in [3.05, 3.63) is 0 Å². The fraction of sp³-hybridized carbons (Fsp3) is 0.923. The van der Waals surface area contributed by atoms with Crippen molar-refractivity contribution in [3.63, 3.8) is 0 Å². The number of ether oxygens (including phenoxy) is 1. The second kappa shape index (κ2) is 5.07. The summed E-state index contributed by atoms with van der Waals surface area (Å²) in [5.74, 6) is 1.56. The number of hydrogen-bond acceptors (Lipinski definition) is 2. The molecule has 3 atom stereocenters. The van der Waals surface area contributed by atoms with Crippen LogP contribution in [0, 0.1) is 11.8 Å². The van der Waals surface area contributed by atoms with Crippen molar-refractivity contribution >= 4 is 21.9 Å². The van der Waals surface area contributed by atoms with E-state index < -0.39 is 0 Å². The maximum Gasteiger partial charge on any atom is 0.305 e. The number of carbonyl (C=O) groups excluding carboxylic acids is 1. The van der Waals surface area contributed by atoms with Gasteiger partial charge in [-0.15, -0.1) is 0 Å². The van der Waals surface area contributed by atoms with Crippen LogP contribution < -0.4 is 0 Å². The number of rotatable bonds is 3. The van der Waals surface area contributed by atoms with E-state index in [4.69, 9.17) is 4.74 Å². The standard InChI is InChI=1S/C13H21BrO2/c1-16-12(15)8-9-13(14)10-6-4-2-3-5-7-11(10)13/h10-11H,2-9H2,1H3/t10-,11+,13?. The Hall–Kier alpha value is -0.0500. The first-order valence-corrected chi connectivity index (χ1v) is 7.23. The van der Waals surface area contributed by atoms with Gasteiger partial charge < -0.3 is 4.74 Å². The van der Waals surface area contributed by atoms with Crippen LogP contribution in [0.3, 0.4) is 0 Å². The summed E-state index contributed by atoms with van der Waals surface area (Å²) in [5.41, 5.74) is 0. The van der Waals surface area contributed by atoms with Crippen LogP contribution in [0.2, 0.25) is 0 Å². The van der Waals surface area contributed by atoms with Crippen LogP contribution in [0.15, 0.2) is 0 Å². The van der Waals surface area contributed by atoms with E-state index in [1.54, 1.807) is 0 Å². The minimum Gasteiger partial charge on any atom is -0.469 e. The molecule has 2 rings (SSSR count). The molecular weight excluding hydrogens is 268 g/mol. The van der Waals surface area contributed by atoms with Gasteiger partial charge in [0.25, 0.3) is 0 Å². The van der Waals surface area contributed by atoms with E-state index >= 15 is 0 Å². The van der Waals surface area contributed by atoms with E-state index in [2.05, 4.69) is 15.9 Å². The van der Waals surface area contributed by atoms with Gasteiger partial charge in [0.05, 0.1) is 7.11 Å². The molecule has 0 bridgehead atoms. The van der Waals surface area contributed by atoms with Gasteiger partial charge >= 0.3 is 5.97 Å². The predicted octanol–water partition coefficient (Wildman–Crippen LogP) is 3.67. The highest BCUT2D eigenvalue weighted by Crippen LogP contribution is 2.64. The van der Waals surface area contributed by atoms with E-state index in [0.717, 1.165) is 18.3 Å². The molecule has 2 aliphatic rings. The molecule has 3 heteroatoms. The summed E-state index contributed by atoms with van der Waals surface area (Å²) < 4.78 is 4.99. The van der Waals surface area contributed by atoms with Gasteiger partial charge in [-0.2, -0.15) is 0 Å². The third kappa shape index (κ3) is 2.44. The second-order valence-corrected chi connectivity index (χ2v) is 6.68. The highest BCUT2D eigenvalue weighted by Gasteiger charge is 2.61. The van der Waals surface area contributed by atoms with Crippen molar-refractivity contribution in [1.82, 2.24) is 0 Å². The molecular formula is C13H21BrO2. The first-order chi connectivity index (χ1) is 7.68. The smallest absolute Gasteiger partial charge is 0.305 e. The Bertz CT molecular complexity index is 251. The number of esters is 1. The summed E-state index contributed by atoms with van der Waals surface area (Å²) in [5, 5.41) is 0. The molecule has 0 N–H and O–H groups in total. The predicted molar refractivity (Wildman–Crippen MR) is 67.6 cm³/mol. The van der Waals surface area contributed by atoms with Crippen molar-refractivity contribution in [3.8, 4) is 0 Å². The molecule has 0 heterocycles. The van der Waals surface area contributed by atoms with Crippen molar-refractivity contribution < 1.29 is 9.53 Å². The molecule has 16 heavy (non-hydrogen) atoms. The molecule has 0 amide bonds. The lowest BCUT2D eigenvalue weighted by atomic mass is 10.0. The fourth-order valence-corrected chi connectivity index (χ4v) is 4.46. The first kappa shape index (κ1) is 12.4. The third-order valence-corrected chi connectivity index (χ3v) is 5.90. The largest absolute Gasteiger partial charge is 0.469 e. The Morgan fingerprint density at radius 2 is 1.81 bits per heavy atom. The maximum atomic E-state index is 11.2. The quantitative estimate of drug-likeness (QED) is 0.585. The van der Waals surface area contributed by atoms with Crippen LogP contribution in [0.1, 0.15) is 51.4 Å². The van der Waals surface area contributed by atoms with Crippen molar-refractivity contribution in [2.45, 2.75) is 55.7 Å². The molecule has 0 saturated heterocycles. The Morgan fingerprint density at radius 3 is 2.31 bits per heavy atom. The molecule has 2 fully saturated rings. The second-order valence-electron chi connectivity index (χ2n) is 5.21. The lowest BCUT2D eigenvalue weighted by Crippen LogP contribution is -2.09. The van der Waals surface area contributed by atoms with Gasteiger partial charge in [0.2, 0.25) is 0 Å². The molecule has 0 aromatic rings. The Labute approximate surface area is 106 Å². The van der Waals surface area contributed by atoms with Crippen LogP contribution in [0.4, 0.5) is 0 Å². The van der Waals surface area contributed by atoms with E-state index in [9.17, 15) is 4.79 Å². The molecule has 0 spiro atoms. The summed E-state index contributed by atoms with van der Waals surface area (Å²) in [6, 6.07) is 0. The molecule has 0 aromatic carbocycles. The highest BCUT2D eigenvalue weighted by molar-refractivity contribution is 9.10. The van der Waals surface area contributed by atoms with E-state index in [1.807, 2.05) is 0 Å². The monoisotopic (exact) mass is 288 g/mol. The molecule has 2 nitrogen and oxygen atoms in total. The van der Waals surface area contributed by atoms with Gasteiger partial charge in [-0.1, -0.05) is 41.6 Å². The van der Waals surface area contributed by atoms with Crippen molar-refractivity contribution in [2.75, 3.05) is 7.11 Å². The first-order valence-electron chi connectivity index (χ1n) is 6.44. The summed E-state index contributed by atoms with van der Waals surface area (Å²) in [4.78, 5) is 11.2. The zero-order valence-electron chi connectivity index (χ0n) is 10.0. The average Bonchev–Trinajstić information content (AvgIpc) is 2.77. The SMILES string of the molecule is COC(=O)CCC1(Br)[C@@H]2CCCCCC[C@@H]21. The maximum absolute atomic E-state index is 11.2. The van der Waals surface area contributed by atoms with Gasteiger partial charge in [-0.3, -0.25) is 4.79 Å². The summed E-state index contributed by atoms with van der Waals surface area (Å²) in [6.45, 7) is 0. The Kier molecular flexibility index (Phi) is 3.93. The van der Waals surface area contributed by atoms with Gasteiger partial charge in [0.15, 0.2) is 0 Å². The third-order valence-electron chi connectivity index (χ3n) is 4.33. The van der Waals surface area contributed by atoms with Crippen LogP contribution in [0.5, 0.6) is 0 Å². The van der Waals surface area contributed by atoms with Gasteiger partial charge in [-0.25, -0.2) is 0 Å². The molecule has 92 valence electrons. The normalized spacial score (nSPS) is 38.1. The molecule has 0 aromatic heterocycles. The lowest BCUT2D eigenvalue weighted by Gasteiger charge is -2.08. The molecule has 2 saturated carbocycles. The minimum absolute atomic E-state index is 0.0712. The molecule has 0 radical (unpaired) electrons. The topological polar surface area (TPSA) is 26.3 Å². The number of hydrogen-bond donors (Lipinski definition) is 0. The number of alkyl halides is 1. The molecule has 1 unspecified atom stereocenters. The number of methoxy groups -OCH3 is 1. The zero-order chi connectivity index (χ0) is 11.6. The lowest BCUT2D eigenvalue weighted by molar-refractivity contribution is -0.140. The van der Waals surface area contributed by atoms with E-state index in [0.29, 0.717) is 6.42 Å². The number of fused-ring (bicyclic) bond motifs is 1. The number of carbonyl (C=O) groups is 1. The van der Waals surface area contributed by atoms with Gasteiger partial charge in [0, 0.05) is 10.7 Å². The van der Waals surface area contributed by atoms with Crippen molar-refractivity contribution in [1.29, 1.82) is 0 Å². The average molecular weight is 289 g/mol. The van der Waals surface area contributed by atoms with E-state index in [-0.39, 0.29) is 10.3 Å². The minimum atomic E-state index is -0.0712. The summed E-state index contributed by atoms with van der Waals surface area (Å²) >= 11 is 3.90. The van der Waals surface area contributed by atoms with E-state index in [1.165, 1.54) is 45.6 Å². The van der Waals surface area contributed by atoms with Gasteiger partial charge in [0.1, 0.15) is 0 Å². The summed E-state index contributed by atoms with van der Waals surface area (Å²) in [6.07, 6.45) is 9.73. The Balaban J connectivity index is 1.86. The van der Waals surface area contributed by atoms with Gasteiger partial charge in [-0.05, 0) is 31.1 Å².